The molecule has 0 bridgehead atoms. The van der Waals surface area contributed by atoms with E-state index >= 15 is 0 Å². The van der Waals surface area contributed by atoms with Gasteiger partial charge in [-0.05, 0) is 30.3 Å². The van der Waals surface area contributed by atoms with Gasteiger partial charge in [0.05, 0.1) is 22.8 Å². The molecule has 0 aliphatic heterocycles. The van der Waals surface area contributed by atoms with E-state index < -0.39 is 0 Å². The van der Waals surface area contributed by atoms with Gasteiger partial charge in [0.15, 0.2) is 5.82 Å². The van der Waals surface area contributed by atoms with Gasteiger partial charge in [0, 0.05) is 27.8 Å². The first kappa shape index (κ1) is 26.6. The van der Waals surface area contributed by atoms with Crippen LogP contribution in [0.25, 0.3) is 56.4 Å². The Kier molecular flexibility index (Phi) is 8.54. The molecule has 2 heterocycles. The summed E-state index contributed by atoms with van der Waals surface area (Å²) in [5.41, 5.74) is 8.02. The normalized spacial score (nSPS) is 10.5. The van der Waals surface area contributed by atoms with Crippen molar-refractivity contribution >= 4 is 68.9 Å². The summed E-state index contributed by atoms with van der Waals surface area (Å²) in [6.45, 7) is 0. The monoisotopic (exact) mass is 611 g/mol. The number of phenols is 1. The third-order valence-electron chi connectivity index (χ3n) is 6.23. The average Bonchev–Trinajstić information content (AvgIpc) is 2.98. The Balaban J connectivity index is 0.00000294. The average molecular weight is 611 g/mol. The molecule has 5 heteroatoms. The van der Waals surface area contributed by atoms with Crippen molar-refractivity contribution in [3.05, 3.63) is 133 Å². The number of rotatable bonds is 5. The number of para-hydroxylation sites is 1. The second-order valence-corrected chi connectivity index (χ2v) is 8.70. The molecule has 0 radical (unpaired) electrons. The van der Waals surface area contributed by atoms with Crippen LogP contribution in [0.1, 0.15) is 0 Å². The molecule has 0 saturated carbocycles. The molecule has 1 N–H and O–H groups in total. The third kappa shape index (κ3) is 5.84. The van der Waals surface area contributed by atoms with Gasteiger partial charge < -0.3 is 5.11 Å². The number of benzene rings is 4. The number of phenolic OH excluding ortho intramolecular Hbond substituents is 1. The Morgan fingerprint density at radius 3 is 1.50 bits per heavy atom. The van der Waals surface area contributed by atoms with Crippen LogP contribution < -0.4 is 0 Å². The molecule has 38 heavy (non-hydrogen) atoms. The van der Waals surface area contributed by atoms with Crippen LogP contribution in [0.15, 0.2) is 133 Å². The summed E-state index contributed by atoms with van der Waals surface area (Å²) in [4.78, 5) is 14.6. The molecule has 2 aromatic heterocycles. The molecule has 4 aromatic carbocycles. The molecule has 0 fully saturated rings. The van der Waals surface area contributed by atoms with Gasteiger partial charge in [-0.15, -0.1) is 0 Å². The molecule has 178 valence electrons. The molecular weight excluding hydrogens is 587 g/mol. The summed E-state index contributed by atoms with van der Waals surface area (Å²) < 4.78 is 0. The predicted molar refractivity (Wildman–Crippen MR) is 156 cm³/mol. The number of hydrogen-bond acceptors (Lipinski definition) is 4. The fourth-order valence-electron chi connectivity index (χ4n) is 4.32. The van der Waals surface area contributed by atoms with Crippen molar-refractivity contribution < 1.29 is 5.11 Å². The van der Waals surface area contributed by atoms with Crippen LogP contribution in [-0.2, 0) is 0 Å². The van der Waals surface area contributed by atoms with Gasteiger partial charge in [-0.3, -0.25) is 0 Å². The van der Waals surface area contributed by atoms with E-state index in [4.69, 9.17) is 15.0 Å². The summed E-state index contributed by atoms with van der Waals surface area (Å²) in [6, 6.07) is 43.6. The van der Waals surface area contributed by atoms with Gasteiger partial charge in [0.1, 0.15) is 5.75 Å². The van der Waals surface area contributed by atoms with Crippen LogP contribution in [0.4, 0.5) is 0 Å². The van der Waals surface area contributed by atoms with Crippen molar-refractivity contribution in [2.24, 2.45) is 0 Å². The molecule has 0 atom stereocenters. The van der Waals surface area contributed by atoms with Gasteiger partial charge in [-0.25, -0.2) is 15.0 Å². The Morgan fingerprint density at radius 1 is 0.395 bits per heavy atom. The van der Waals surface area contributed by atoms with Crippen LogP contribution >= 0.6 is 0 Å². The standard InChI is InChI=1S/C33H23N3O.Cs.H/c37-32-17-8-7-14-27(32)29-16-9-15-28(34-29)25-18-20-26(21-19-25)33-35-30(23-10-3-1-4-11-23)22-31(36-33)24-12-5-2-6-13-24;;/h1-22,37H;;. The van der Waals surface area contributed by atoms with E-state index in [0.29, 0.717) is 11.4 Å². The summed E-state index contributed by atoms with van der Waals surface area (Å²) in [5, 5.41) is 10.2. The number of pyridine rings is 1. The van der Waals surface area contributed by atoms with E-state index in [1.165, 1.54) is 0 Å². The summed E-state index contributed by atoms with van der Waals surface area (Å²) in [7, 11) is 0. The Bertz CT molecular complexity index is 1610. The van der Waals surface area contributed by atoms with Gasteiger partial charge in [0.25, 0.3) is 0 Å². The maximum atomic E-state index is 10.2. The molecule has 0 aliphatic carbocycles. The number of aromatic nitrogens is 3. The van der Waals surface area contributed by atoms with Crippen LogP contribution in [0.5, 0.6) is 5.75 Å². The molecule has 4 nitrogen and oxygen atoms in total. The molecule has 0 unspecified atom stereocenters. The van der Waals surface area contributed by atoms with Crippen molar-refractivity contribution in [2.45, 2.75) is 0 Å². The predicted octanol–water partition coefficient (Wildman–Crippen LogP) is 7.26. The maximum absolute atomic E-state index is 10.2. The second-order valence-electron chi connectivity index (χ2n) is 8.70. The van der Waals surface area contributed by atoms with Crippen molar-refractivity contribution in [3.63, 3.8) is 0 Å². The number of aromatic hydroxyl groups is 1. The molecule has 0 aliphatic rings. The van der Waals surface area contributed by atoms with Crippen molar-refractivity contribution in [1.82, 2.24) is 15.0 Å². The third-order valence-corrected chi connectivity index (χ3v) is 6.23. The number of nitrogens with zero attached hydrogens (tertiary/aromatic N) is 3. The minimum absolute atomic E-state index is 0. The van der Waals surface area contributed by atoms with Crippen molar-refractivity contribution in [3.8, 4) is 62.2 Å². The van der Waals surface area contributed by atoms with Crippen molar-refractivity contribution in [1.29, 1.82) is 0 Å². The van der Waals surface area contributed by atoms with Crippen LogP contribution in [-0.4, -0.2) is 89.0 Å². The van der Waals surface area contributed by atoms with E-state index in [0.717, 1.165) is 45.0 Å². The first-order chi connectivity index (χ1) is 18.2. The molecule has 6 aromatic rings. The molecule has 6 rings (SSSR count). The zero-order valence-electron chi connectivity index (χ0n) is 20.0. The fourth-order valence-corrected chi connectivity index (χ4v) is 4.32. The van der Waals surface area contributed by atoms with Gasteiger partial charge in [-0.2, -0.15) is 0 Å². The van der Waals surface area contributed by atoms with E-state index in [9.17, 15) is 5.11 Å². The molecular formula is C33H24CsN3O. The van der Waals surface area contributed by atoms with Crippen molar-refractivity contribution in [2.75, 3.05) is 0 Å². The van der Waals surface area contributed by atoms with E-state index in [1.807, 2.05) is 97.1 Å². The Hall–Kier alpha value is -3.04. The summed E-state index contributed by atoms with van der Waals surface area (Å²) in [5.74, 6) is 0.884. The van der Waals surface area contributed by atoms with Gasteiger partial charge in [0.2, 0.25) is 0 Å². The van der Waals surface area contributed by atoms with E-state index in [2.05, 4.69) is 24.3 Å². The first-order valence-electron chi connectivity index (χ1n) is 12.1. The van der Waals surface area contributed by atoms with E-state index in [-0.39, 0.29) is 74.6 Å². The molecule has 0 saturated heterocycles. The van der Waals surface area contributed by atoms with E-state index in [1.54, 1.807) is 12.1 Å². The topological polar surface area (TPSA) is 58.9 Å². The van der Waals surface area contributed by atoms with Gasteiger partial charge in [-0.1, -0.05) is 103 Å². The number of hydrogen-bond donors (Lipinski definition) is 1. The van der Waals surface area contributed by atoms with Gasteiger partial charge >= 0.3 is 68.9 Å². The minimum atomic E-state index is 0. The SMILES string of the molecule is Oc1ccccc1-c1cccc(-c2ccc(-c3nc(-c4ccccc4)cc(-c4ccccc4)n3)cc2)n1.[CsH]. The summed E-state index contributed by atoms with van der Waals surface area (Å²) >= 11 is 0. The quantitative estimate of drug-likeness (QED) is 0.223. The fraction of sp³-hybridized carbons (Fsp3) is 0. The second kappa shape index (κ2) is 12.2. The molecule has 0 spiro atoms. The Labute approximate surface area is 280 Å². The Morgan fingerprint density at radius 2 is 0.895 bits per heavy atom. The first-order valence-corrected chi connectivity index (χ1v) is 12.1. The zero-order chi connectivity index (χ0) is 25.0. The summed E-state index contributed by atoms with van der Waals surface area (Å²) in [6.07, 6.45) is 0. The molecule has 0 amide bonds. The zero-order valence-corrected chi connectivity index (χ0v) is 20.0. The van der Waals surface area contributed by atoms with Crippen LogP contribution in [0.3, 0.4) is 0 Å². The van der Waals surface area contributed by atoms with Crippen LogP contribution in [0.2, 0.25) is 0 Å². The van der Waals surface area contributed by atoms with Crippen LogP contribution in [0, 0.1) is 0 Å².